The average molecular weight is 275 g/mol. The van der Waals surface area contributed by atoms with Crippen LogP contribution in [0.4, 0.5) is 5.95 Å². The number of nitrogens with one attached hydrogen (secondary N) is 1. The molecule has 0 amide bonds. The molecule has 108 valence electrons. The predicted octanol–water partition coefficient (Wildman–Crippen LogP) is 0.770. The van der Waals surface area contributed by atoms with Gasteiger partial charge in [0, 0.05) is 26.3 Å². The first kappa shape index (κ1) is 13.1. The van der Waals surface area contributed by atoms with E-state index in [2.05, 4.69) is 32.1 Å². The summed E-state index contributed by atoms with van der Waals surface area (Å²) in [6, 6.07) is 1.92. The first-order chi connectivity index (χ1) is 9.61. The molecule has 2 aromatic heterocycles. The van der Waals surface area contributed by atoms with Crippen molar-refractivity contribution in [1.82, 2.24) is 25.0 Å². The Morgan fingerprint density at radius 1 is 1.40 bits per heavy atom. The molecular weight excluding hydrogens is 254 g/mol. The summed E-state index contributed by atoms with van der Waals surface area (Å²) in [7, 11) is 1.89. The van der Waals surface area contributed by atoms with E-state index in [1.165, 1.54) is 0 Å². The summed E-state index contributed by atoms with van der Waals surface area (Å²) in [6.45, 7) is 4.91. The monoisotopic (exact) mass is 275 g/mol. The highest BCUT2D eigenvalue weighted by Gasteiger charge is 2.30. The number of nitrogens with zero attached hydrogens (tertiary/aromatic N) is 5. The van der Waals surface area contributed by atoms with Crippen molar-refractivity contribution in [3.63, 3.8) is 0 Å². The van der Waals surface area contributed by atoms with Crippen LogP contribution in [-0.2, 0) is 7.05 Å². The Balaban J connectivity index is 1.74. The van der Waals surface area contributed by atoms with Gasteiger partial charge in [-0.25, -0.2) is 0 Å². The smallest absolute Gasteiger partial charge is 0.245 e. The molecule has 1 aliphatic heterocycles. The quantitative estimate of drug-likeness (QED) is 0.863. The standard InChI is InChI=1S/C13H21N7/c1-13(9-14)4-7-20(8-5-13)12-16-11(17-18-12)10-3-6-15-19(10)2/h3,6H,4-5,7-9,14H2,1-2H3,(H,16,17,18). The van der Waals surface area contributed by atoms with Crippen molar-refractivity contribution in [2.45, 2.75) is 19.8 Å². The first-order valence-electron chi connectivity index (χ1n) is 6.97. The minimum absolute atomic E-state index is 0.262. The molecule has 3 heterocycles. The summed E-state index contributed by atoms with van der Waals surface area (Å²) in [4.78, 5) is 6.79. The van der Waals surface area contributed by atoms with Gasteiger partial charge in [0.25, 0.3) is 0 Å². The summed E-state index contributed by atoms with van der Waals surface area (Å²) in [5.41, 5.74) is 7.04. The van der Waals surface area contributed by atoms with Crippen LogP contribution in [0.2, 0.25) is 0 Å². The third kappa shape index (κ3) is 2.29. The Bertz CT molecular complexity index is 577. The molecule has 2 aromatic rings. The molecule has 3 N–H and O–H groups in total. The van der Waals surface area contributed by atoms with Gasteiger partial charge in [0.05, 0.1) is 0 Å². The van der Waals surface area contributed by atoms with Crippen LogP contribution < -0.4 is 10.6 Å². The largest absolute Gasteiger partial charge is 0.339 e. The Morgan fingerprint density at radius 2 is 2.15 bits per heavy atom. The van der Waals surface area contributed by atoms with Gasteiger partial charge >= 0.3 is 0 Å². The van der Waals surface area contributed by atoms with Crippen LogP contribution in [0, 0.1) is 5.41 Å². The van der Waals surface area contributed by atoms with Gasteiger partial charge in [-0.15, -0.1) is 5.10 Å². The van der Waals surface area contributed by atoms with Gasteiger partial charge in [-0.05, 0) is 30.9 Å². The van der Waals surface area contributed by atoms with Gasteiger partial charge in [0.2, 0.25) is 5.95 Å². The van der Waals surface area contributed by atoms with E-state index in [0.717, 1.165) is 49.9 Å². The van der Waals surface area contributed by atoms with E-state index in [0.29, 0.717) is 0 Å². The number of aromatic nitrogens is 5. The molecule has 0 atom stereocenters. The summed E-state index contributed by atoms with van der Waals surface area (Å²) < 4.78 is 1.78. The second-order valence-corrected chi connectivity index (χ2v) is 5.83. The average Bonchev–Trinajstić information content (AvgIpc) is 3.08. The maximum atomic E-state index is 5.84. The molecule has 0 radical (unpaired) electrons. The molecule has 7 nitrogen and oxygen atoms in total. The second-order valence-electron chi connectivity index (χ2n) is 5.83. The summed E-state index contributed by atoms with van der Waals surface area (Å²) in [5, 5.41) is 11.5. The third-order valence-corrected chi connectivity index (χ3v) is 4.28. The van der Waals surface area contributed by atoms with Crippen molar-refractivity contribution in [3.05, 3.63) is 12.3 Å². The van der Waals surface area contributed by atoms with E-state index >= 15 is 0 Å². The highest BCUT2D eigenvalue weighted by atomic mass is 15.4. The fraction of sp³-hybridized carbons (Fsp3) is 0.615. The summed E-state index contributed by atoms with van der Waals surface area (Å²) in [5.74, 6) is 1.52. The number of anilines is 1. The molecule has 0 saturated carbocycles. The normalized spacial score (nSPS) is 18.4. The zero-order chi connectivity index (χ0) is 14.2. The van der Waals surface area contributed by atoms with Gasteiger partial charge in [0.1, 0.15) is 5.69 Å². The van der Waals surface area contributed by atoms with E-state index in [4.69, 9.17) is 5.73 Å². The maximum absolute atomic E-state index is 5.84. The molecule has 0 bridgehead atoms. The number of H-pyrrole nitrogens is 1. The summed E-state index contributed by atoms with van der Waals surface area (Å²) >= 11 is 0. The Hall–Kier alpha value is -1.89. The van der Waals surface area contributed by atoms with Crippen molar-refractivity contribution >= 4 is 5.95 Å². The number of aryl methyl sites for hydroxylation is 1. The lowest BCUT2D eigenvalue weighted by Crippen LogP contribution is -2.42. The Labute approximate surface area is 118 Å². The minimum Gasteiger partial charge on any atom is -0.339 e. The van der Waals surface area contributed by atoms with Gasteiger partial charge < -0.3 is 10.6 Å². The Morgan fingerprint density at radius 3 is 2.75 bits per heavy atom. The van der Waals surface area contributed by atoms with Crippen LogP contribution in [0.3, 0.4) is 0 Å². The first-order valence-corrected chi connectivity index (χ1v) is 6.97. The molecule has 0 spiro atoms. The van der Waals surface area contributed by atoms with Gasteiger partial charge in [-0.3, -0.25) is 9.78 Å². The zero-order valence-corrected chi connectivity index (χ0v) is 12.0. The van der Waals surface area contributed by atoms with E-state index in [9.17, 15) is 0 Å². The van der Waals surface area contributed by atoms with Gasteiger partial charge in [-0.1, -0.05) is 6.92 Å². The van der Waals surface area contributed by atoms with E-state index in [1.54, 1.807) is 10.9 Å². The van der Waals surface area contributed by atoms with Crippen LogP contribution in [0.1, 0.15) is 19.8 Å². The van der Waals surface area contributed by atoms with Gasteiger partial charge in [0.15, 0.2) is 5.82 Å². The van der Waals surface area contributed by atoms with Crippen molar-refractivity contribution in [1.29, 1.82) is 0 Å². The molecule has 1 saturated heterocycles. The zero-order valence-electron chi connectivity index (χ0n) is 12.0. The number of aromatic amines is 1. The molecule has 20 heavy (non-hydrogen) atoms. The lowest BCUT2D eigenvalue weighted by atomic mass is 9.81. The highest BCUT2D eigenvalue weighted by Crippen LogP contribution is 2.31. The van der Waals surface area contributed by atoms with Crippen LogP contribution >= 0.6 is 0 Å². The fourth-order valence-electron chi connectivity index (χ4n) is 2.57. The molecule has 3 rings (SSSR count). The number of nitrogens with two attached hydrogens (primary N) is 1. The van der Waals surface area contributed by atoms with Crippen LogP contribution in [0.5, 0.6) is 0 Å². The van der Waals surface area contributed by atoms with E-state index in [1.807, 2.05) is 13.1 Å². The summed E-state index contributed by atoms with van der Waals surface area (Å²) in [6.07, 6.45) is 3.92. The van der Waals surface area contributed by atoms with Crippen molar-refractivity contribution < 1.29 is 0 Å². The number of rotatable bonds is 3. The molecule has 0 aromatic carbocycles. The molecule has 1 aliphatic rings. The maximum Gasteiger partial charge on any atom is 0.245 e. The molecule has 7 heteroatoms. The van der Waals surface area contributed by atoms with Crippen molar-refractivity contribution in [2.24, 2.45) is 18.2 Å². The fourth-order valence-corrected chi connectivity index (χ4v) is 2.57. The predicted molar refractivity (Wildman–Crippen MR) is 77.2 cm³/mol. The van der Waals surface area contributed by atoms with Crippen LogP contribution in [0.15, 0.2) is 12.3 Å². The lowest BCUT2D eigenvalue weighted by Gasteiger charge is -2.38. The Kier molecular flexibility index (Phi) is 3.21. The van der Waals surface area contributed by atoms with Crippen LogP contribution in [-0.4, -0.2) is 44.6 Å². The molecule has 1 fully saturated rings. The van der Waals surface area contributed by atoms with E-state index in [-0.39, 0.29) is 5.41 Å². The van der Waals surface area contributed by atoms with Crippen LogP contribution in [0.25, 0.3) is 11.5 Å². The molecule has 0 aliphatic carbocycles. The van der Waals surface area contributed by atoms with E-state index < -0.39 is 0 Å². The number of hydrogen-bond acceptors (Lipinski definition) is 5. The lowest BCUT2D eigenvalue weighted by molar-refractivity contribution is 0.257. The van der Waals surface area contributed by atoms with Crippen molar-refractivity contribution in [3.8, 4) is 11.5 Å². The number of hydrogen-bond donors (Lipinski definition) is 2. The third-order valence-electron chi connectivity index (χ3n) is 4.28. The van der Waals surface area contributed by atoms with Crippen molar-refractivity contribution in [2.75, 3.05) is 24.5 Å². The second kappa shape index (κ2) is 4.90. The highest BCUT2D eigenvalue weighted by molar-refractivity contribution is 5.51. The minimum atomic E-state index is 0.262. The number of piperidine rings is 1. The van der Waals surface area contributed by atoms with Gasteiger partial charge in [-0.2, -0.15) is 10.1 Å². The SMILES string of the molecule is Cn1nccc1-c1nc(N2CCC(C)(CN)CC2)n[nH]1. The molecular formula is C13H21N7. The molecule has 0 unspecified atom stereocenters. The topological polar surface area (TPSA) is 88.7 Å².